The number of hydrogen-bond acceptors (Lipinski definition) is 4. The number of halogens is 2. The average Bonchev–Trinajstić information content (AvgIpc) is 3.33. The van der Waals surface area contributed by atoms with Gasteiger partial charge in [0.1, 0.15) is 5.82 Å². The molecule has 4 rings (SSSR count). The van der Waals surface area contributed by atoms with Crippen molar-refractivity contribution in [1.29, 1.82) is 0 Å². The zero-order valence-corrected chi connectivity index (χ0v) is 15.5. The van der Waals surface area contributed by atoms with Crippen molar-refractivity contribution in [1.82, 2.24) is 9.55 Å². The Balaban J connectivity index is 1.66. The monoisotopic (exact) mass is 385 g/mol. The third-order valence-electron chi connectivity index (χ3n) is 5.07. The molecule has 0 bridgehead atoms. The highest BCUT2D eigenvalue weighted by Crippen LogP contribution is 2.33. The van der Waals surface area contributed by atoms with Crippen molar-refractivity contribution in [2.45, 2.75) is 19.9 Å². The van der Waals surface area contributed by atoms with Gasteiger partial charge in [-0.25, -0.2) is 4.98 Å². The van der Waals surface area contributed by atoms with Gasteiger partial charge in [0.25, 0.3) is 0 Å². The molecule has 1 fully saturated rings. The van der Waals surface area contributed by atoms with Gasteiger partial charge in [-0.3, -0.25) is 9.36 Å². The molecule has 0 radical (unpaired) electrons. The van der Waals surface area contributed by atoms with Crippen LogP contribution in [0.4, 0.5) is 14.5 Å². The number of fused-ring (bicyclic) bond motifs is 1. The Kier molecular flexibility index (Phi) is 4.98. The fourth-order valence-electron chi connectivity index (χ4n) is 3.73. The van der Waals surface area contributed by atoms with Crippen molar-refractivity contribution >= 4 is 22.7 Å². The number of anilines is 1. The summed E-state index contributed by atoms with van der Waals surface area (Å²) in [6.07, 6.45) is 0.721. The maximum absolute atomic E-state index is 13.8. The van der Waals surface area contributed by atoms with Crippen LogP contribution in [0, 0.1) is 5.92 Å². The standard InChI is InChI=1S/C21H21F2N3O2/c1-2-28-20(27)15-10-11-25(13-15)16-7-5-6-14(12-16)19-24-17-8-3-4-9-18(17)26(19)21(22)23/h3-9,12,15,21H,2,10-11,13H2,1H3. The summed E-state index contributed by atoms with van der Waals surface area (Å²) in [5.41, 5.74) is 2.44. The molecule has 0 saturated carbocycles. The summed E-state index contributed by atoms with van der Waals surface area (Å²) < 4.78 is 33.6. The highest BCUT2D eigenvalue weighted by atomic mass is 19.3. The first-order valence-corrected chi connectivity index (χ1v) is 9.35. The second kappa shape index (κ2) is 7.58. The van der Waals surface area contributed by atoms with E-state index in [1.165, 1.54) is 0 Å². The van der Waals surface area contributed by atoms with Crippen LogP contribution in [0.25, 0.3) is 22.4 Å². The number of alkyl halides is 2. The van der Waals surface area contributed by atoms with Crippen LogP contribution in [0.1, 0.15) is 19.9 Å². The lowest BCUT2D eigenvalue weighted by atomic mass is 10.1. The molecule has 2 heterocycles. The van der Waals surface area contributed by atoms with Crippen LogP contribution in [0.2, 0.25) is 0 Å². The van der Waals surface area contributed by atoms with E-state index in [-0.39, 0.29) is 17.7 Å². The minimum absolute atomic E-state index is 0.158. The second-order valence-corrected chi connectivity index (χ2v) is 6.81. The van der Waals surface area contributed by atoms with E-state index in [0.29, 0.717) is 29.7 Å². The molecular weight excluding hydrogens is 364 g/mol. The first-order valence-electron chi connectivity index (χ1n) is 9.35. The van der Waals surface area contributed by atoms with Crippen molar-refractivity contribution in [2.24, 2.45) is 5.92 Å². The van der Waals surface area contributed by atoms with E-state index in [1.54, 1.807) is 37.3 Å². The third-order valence-corrected chi connectivity index (χ3v) is 5.07. The summed E-state index contributed by atoms with van der Waals surface area (Å²) in [7, 11) is 0. The van der Waals surface area contributed by atoms with Gasteiger partial charge in [0.2, 0.25) is 0 Å². The minimum Gasteiger partial charge on any atom is -0.466 e. The van der Waals surface area contributed by atoms with Gasteiger partial charge < -0.3 is 9.64 Å². The number of rotatable bonds is 5. The van der Waals surface area contributed by atoms with Crippen LogP contribution in [-0.4, -0.2) is 35.2 Å². The number of aromatic nitrogens is 2. The van der Waals surface area contributed by atoms with Gasteiger partial charge in [0, 0.05) is 24.3 Å². The lowest BCUT2D eigenvalue weighted by Gasteiger charge is -2.19. The van der Waals surface area contributed by atoms with Gasteiger partial charge in [-0.05, 0) is 37.6 Å². The Hall–Kier alpha value is -2.96. The molecule has 5 nitrogen and oxygen atoms in total. The summed E-state index contributed by atoms with van der Waals surface area (Å²) in [6, 6.07) is 14.3. The Bertz CT molecular complexity index is 1000. The Morgan fingerprint density at radius 1 is 1.25 bits per heavy atom. The molecule has 1 aromatic heterocycles. The van der Waals surface area contributed by atoms with Crippen molar-refractivity contribution in [2.75, 3.05) is 24.6 Å². The van der Waals surface area contributed by atoms with E-state index in [1.807, 2.05) is 18.2 Å². The van der Waals surface area contributed by atoms with E-state index < -0.39 is 6.55 Å². The fraction of sp³-hybridized carbons (Fsp3) is 0.333. The summed E-state index contributed by atoms with van der Waals surface area (Å²) in [4.78, 5) is 18.5. The van der Waals surface area contributed by atoms with Gasteiger partial charge in [0.05, 0.1) is 23.6 Å². The van der Waals surface area contributed by atoms with Crippen LogP contribution in [0.5, 0.6) is 0 Å². The highest BCUT2D eigenvalue weighted by molar-refractivity contribution is 5.81. The van der Waals surface area contributed by atoms with E-state index >= 15 is 0 Å². The van der Waals surface area contributed by atoms with Crippen molar-refractivity contribution in [3.8, 4) is 11.4 Å². The molecule has 1 atom stereocenters. The first kappa shape index (κ1) is 18.4. The molecule has 0 amide bonds. The smallest absolute Gasteiger partial charge is 0.320 e. The number of carbonyl (C=O) groups excluding carboxylic acids is 1. The summed E-state index contributed by atoms with van der Waals surface area (Å²) in [6.45, 7) is 0.759. The molecule has 3 aromatic rings. The van der Waals surface area contributed by atoms with Gasteiger partial charge in [-0.2, -0.15) is 8.78 Å². The third kappa shape index (κ3) is 3.32. The molecule has 7 heteroatoms. The van der Waals surface area contributed by atoms with Crippen LogP contribution in [0.3, 0.4) is 0 Å². The maximum Gasteiger partial charge on any atom is 0.320 e. The number of nitrogens with zero attached hydrogens (tertiary/aromatic N) is 3. The van der Waals surface area contributed by atoms with Gasteiger partial charge in [-0.15, -0.1) is 0 Å². The van der Waals surface area contributed by atoms with Gasteiger partial charge >= 0.3 is 12.5 Å². The predicted molar refractivity (Wildman–Crippen MR) is 103 cm³/mol. The van der Waals surface area contributed by atoms with Crippen LogP contribution in [0.15, 0.2) is 48.5 Å². The molecule has 1 aliphatic heterocycles. The van der Waals surface area contributed by atoms with E-state index in [2.05, 4.69) is 9.88 Å². The van der Waals surface area contributed by atoms with E-state index in [4.69, 9.17) is 4.74 Å². The number of carbonyl (C=O) groups is 1. The highest BCUT2D eigenvalue weighted by Gasteiger charge is 2.30. The van der Waals surface area contributed by atoms with Crippen LogP contribution in [-0.2, 0) is 9.53 Å². The number of imidazole rings is 1. The zero-order valence-electron chi connectivity index (χ0n) is 15.5. The Labute approximate surface area is 161 Å². The quantitative estimate of drug-likeness (QED) is 0.607. The molecule has 2 aromatic carbocycles. The average molecular weight is 385 g/mol. The lowest BCUT2D eigenvalue weighted by molar-refractivity contribution is -0.147. The van der Waals surface area contributed by atoms with Crippen molar-refractivity contribution < 1.29 is 18.3 Å². The van der Waals surface area contributed by atoms with Gasteiger partial charge in [-0.1, -0.05) is 24.3 Å². The Morgan fingerprint density at radius 2 is 2.07 bits per heavy atom. The second-order valence-electron chi connectivity index (χ2n) is 6.81. The molecule has 0 N–H and O–H groups in total. The van der Waals surface area contributed by atoms with Crippen molar-refractivity contribution in [3.63, 3.8) is 0 Å². The maximum atomic E-state index is 13.8. The van der Waals surface area contributed by atoms with Crippen molar-refractivity contribution in [3.05, 3.63) is 48.5 Å². The van der Waals surface area contributed by atoms with Gasteiger partial charge in [0.15, 0.2) is 0 Å². The molecule has 146 valence electrons. The number of hydrogen-bond donors (Lipinski definition) is 0. The molecule has 0 spiro atoms. The molecule has 28 heavy (non-hydrogen) atoms. The zero-order chi connectivity index (χ0) is 19.7. The number of para-hydroxylation sites is 2. The topological polar surface area (TPSA) is 47.4 Å². The van der Waals surface area contributed by atoms with E-state index in [0.717, 1.165) is 23.2 Å². The predicted octanol–water partition coefficient (Wildman–Crippen LogP) is 4.49. The minimum atomic E-state index is -2.69. The number of ether oxygens (including phenoxy) is 1. The molecular formula is C21H21F2N3O2. The van der Waals surface area contributed by atoms with Crippen LogP contribution >= 0.6 is 0 Å². The molecule has 1 aliphatic rings. The molecule has 0 aliphatic carbocycles. The lowest BCUT2D eigenvalue weighted by Crippen LogP contribution is -2.24. The largest absolute Gasteiger partial charge is 0.466 e. The fourth-order valence-corrected chi connectivity index (χ4v) is 3.73. The van der Waals surface area contributed by atoms with Crippen LogP contribution < -0.4 is 4.90 Å². The molecule has 1 unspecified atom stereocenters. The summed E-state index contributed by atoms with van der Waals surface area (Å²) in [5.74, 6) is -0.103. The normalized spacial score (nSPS) is 16.9. The van der Waals surface area contributed by atoms with E-state index in [9.17, 15) is 13.6 Å². The number of benzene rings is 2. The molecule has 1 saturated heterocycles. The Morgan fingerprint density at radius 3 is 2.86 bits per heavy atom. The first-order chi connectivity index (χ1) is 13.6. The summed E-state index contributed by atoms with van der Waals surface area (Å²) >= 11 is 0. The summed E-state index contributed by atoms with van der Waals surface area (Å²) in [5, 5.41) is 0. The SMILES string of the molecule is CCOC(=O)C1CCN(c2cccc(-c3nc4ccccc4n3C(F)F)c2)C1. The number of esters is 1.